The summed E-state index contributed by atoms with van der Waals surface area (Å²) in [6.07, 6.45) is 1.03. The Morgan fingerprint density at radius 2 is 0.974 bits per heavy atom. The lowest BCUT2D eigenvalue weighted by Gasteiger charge is -2.09. The fraction of sp³-hybridized carbons (Fsp3) is 0.125. The number of carbonyl (C=O) groups excluding carboxylic acids is 2. The van der Waals surface area contributed by atoms with Gasteiger partial charge >= 0.3 is 11.9 Å². The molecule has 0 fully saturated rings. The molecule has 4 N–H and O–H groups in total. The molecule has 0 saturated heterocycles. The molecule has 0 unspecified atom stereocenters. The number of nitrogens with two attached hydrogens (primary N) is 2. The van der Waals surface area contributed by atoms with Crippen LogP contribution in [0.5, 0.6) is 0 Å². The monoisotopic (exact) mass is 514 g/mol. The number of aromatic nitrogens is 2. The number of anilines is 2. The normalized spacial score (nSPS) is 11.4. The summed E-state index contributed by atoms with van der Waals surface area (Å²) in [5.41, 5.74) is 19.3. The highest BCUT2D eigenvalue weighted by atomic mass is 16.6. The van der Waals surface area contributed by atoms with Gasteiger partial charge in [-0.15, -0.1) is 0 Å². The fourth-order valence-electron chi connectivity index (χ4n) is 4.97. The van der Waals surface area contributed by atoms with Crippen molar-refractivity contribution in [3.63, 3.8) is 0 Å². The van der Waals surface area contributed by atoms with Gasteiger partial charge in [-0.05, 0) is 60.4 Å². The summed E-state index contributed by atoms with van der Waals surface area (Å²) >= 11 is 0. The molecule has 7 nitrogen and oxygen atoms in total. The van der Waals surface area contributed by atoms with Crippen molar-refractivity contribution in [2.75, 3.05) is 11.5 Å². The van der Waals surface area contributed by atoms with Gasteiger partial charge in [0.1, 0.15) is 0 Å². The van der Waals surface area contributed by atoms with E-state index in [-0.39, 0.29) is 12.8 Å². The second kappa shape index (κ2) is 10.0. The number of nitrogen functional groups attached to an aromatic ring is 2. The highest BCUT2D eigenvalue weighted by Crippen LogP contribution is 2.30. The molecule has 0 atom stereocenters. The predicted molar refractivity (Wildman–Crippen MR) is 155 cm³/mol. The van der Waals surface area contributed by atoms with Gasteiger partial charge in [-0.25, -0.2) is 9.97 Å². The van der Waals surface area contributed by atoms with Crippen molar-refractivity contribution < 1.29 is 14.3 Å². The molecule has 6 rings (SSSR count). The lowest BCUT2D eigenvalue weighted by atomic mass is 10.0. The number of carbonyl (C=O) groups is 2. The molecule has 6 aromatic rings. The topological polar surface area (TPSA) is 121 Å². The second-order valence-corrected chi connectivity index (χ2v) is 9.63. The molecular weight excluding hydrogens is 488 g/mol. The number of esters is 2. The van der Waals surface area contributed by atoms with Crippen molar-refractivity contribution in [2.45, 2.75) is 25.7 Å². The maximum absolute atomic E-state index is 12.4. The minimum Gasteiger partial charge on any atom is -0.398 e. The average molecular weight is 515 g/mol. The van der Waals surface area contributed by atoms with Gasteiger partial charge in [0, 0.05) is 21.5 Å². The maximum Gasteiger partial charge on any atom is 0.313 e. The van der Waals surface area contributed by atoms with E-state index in [1.807, 2.05) is 84.9 Å². The molecule has 192 valence electrons. The van der Waals surface area contributed by atoms with Crippen molar-refractivity contribution in [1.29, 1.82) is 0 Å². The Balaban J connectivity index is 1.07. The van der Waals surface area contributed by atoms with Crippen LogP contribution in [0.4, 0.5) is 11.4 Å². The van der Waals surface area contributed by atoms with Crippen molar-refractivity contribution in [3.05, 3.63) is 96.1 Å². The molecule has 4 aromatic carbocycles. The number of nitrogens with zero attached hydrogens (tertiary/aromatic N) is 2. The van der Waals surface area contributed by atoms with E-state index in [1.165, 1.54) is 0 Å². The van der Waals surface area contributed by atoms with E-state index in [9.17, 15) is 9.59 Å². The number of hydrogen-bond acceptors (Lipinski definition) is 7. The van der Waals surface area contributed by atoms with Gasteiger partial charge in [-0.1, -0.05) is 48.5 Å². The summed E-state index contributed by atoms with van der Waals surface area (Å²) in [5, 5.41) is 3.47. The van der Waals surface area contributed by atoms with Crippen molar-refractivity contribution >= 4 is 66.9 Å². The second-order valence-electron chi connectivity index (χ2n) is 9.63. The van der Waals surface area contributed by atoms with E-state index in [4.69, 9.17) is 16.2 Å². The number of benzene rings is 4. The first-order valence-electron chi connectivity index (χ1n) is 12.8. The van der Waals surface area contributed by atoms with E-state index >= 15 is 0 Å². The zero-order chi connectivity index (χ0) is 26.9. The number of ether oxygens (including phenoxy) is 1. The third kappa shape index (κ3) is 4.82. The molecule has 0 aliphatic carbocycles. The third-order valence-electron chi connectivity index (χ3n) is 7.04. The zero-order valence-electron chi connectivity index (χ0n) is 21.2. The summed E-state index contributed by atoms with van der Waals surface area (Å²) in [5.74, 6) is -1.11. The van der Waals surface area contributed by atoms with E-state index in [1.54, 1.807) is 0 Å². The van der Waals surface area contributed by atoms with E-state index in [2.05, 4.69) is 9.97 Å². The standard InChI is InChI=1S/C32H26N4O3/c33-31-21-5-1-3-7-25(21)35-27-13-9-19(17-23(27)31)11-15-29(37)39-30(38)16-12-20-10-14-28-24(18-20)32(34)22-6-2-4-8-26(22)36-28/h1-10,13-14,17-18H,11-12,15-16H2,(H2,33,35)(H2,34,36). The highest BCUT2D eigenvalue weighted by Gasteiger charge is 2.13. The minimum absolute atomic E-state index is 0.0867. The van der Waals surface area contributed by atoms with Gasteiger partial charge in [0.2, 0.25) is 0 Å². The van der Waals surface area contributed by atoms with Crippen molar-refractivity contribution in [3.8, 4) is 0 Å². The lowest BCUT2D eigenvalue weighted by Crippen LogP contribution is -2.13. The molecular formula is C32H26N4O3. The quantitative estimate of drug-likeness (QED) is 0.161. The Morgan fingerprint density at radius 1 is 0.564 bits per heavy atom. The van der Waals surface area contributed by atoms with Crippen LogP contribution < -0.4 is 11.5 Å². The molecule has 0 radical (unpaired) electrons. The number of hydrogen-bond donors (Lipinski definition) is 2. The first kappa shape index (κ1) is 24.3. The summed E-state index contributed by atoms with van der Waals surface area (Å²) < 4.78 is 5.08. The van der Waals surface area contributed by atoms with Crippen molar-refractivity contribution in [1.82, 2.24) is 9.97 Å². The summed E-state index contributed by atoms with van der Waals surface area (Å²) in [4.78, 5) is 34.1. The first-order chi connectivity index (χ1) is 19.0. The molecule has 0 bridgehead atoms. The fourth-order valence-corrected chi connectivity index (χ4v) is 4.97. The van der Waals surface area contributed by atoms with Crippen LogP contribution >= 0.6 is 0 Å². The molecule has 2 heterocycles. The average Bonchev–Trinajstić information content (AvgIpc) is 2.95. The molecule has 0 amide bonds. The van der Waals surface area contributed by atoms with Gasteiger partial charge in [0.15, 0.2) is 0 Å². The smallest absolute Gasteiger partial charge is 0.313 e. The Labute approximate surface area is 224 Å². The van der Waals surface area contributed by atoms with Crippen LogP contribution in [0.1, 0.15) is 24.0 Å². The summed E-state index contributed by atoms with van der Waals surface area (Å²) in [6, 6.07) is 27.0. The SMILES string of the molecule is Nc1c2ccccc2nc2ccc(CCC(=O)OC(=O)CCc3ccc4nc5ccccc5c(N)c4c3)cc12. The van der Waals surface area contributed by atoms with Crippen LogP contribution in [-0.2, 0) is 27.2 Å². The molecule has 2 aromatic heterocycles. The lowest BCUT2D eigenvalue weighted by molar-refractivity contribution is -0.159. The Kier molecular flexibility index (Phi) is 6.25. The third-order valence-corrected chi connectivity index (χ3v) is 7.04. The van der Waals surface area contributed by atoms with Crippen LogP contribution in [0.2, 0.25) is 0 Å². The van der Waals surface area contributed by atoms with E-state index in [0.29, 0.717) is 24.2 Å². The van der Waals surface area contributed by atoms with Crippen LogP contribution in [0.3, 0.4) is 0 Å². The Hall–Kier alpha value is -5.04. The van der Waals surface area contributed by atoms with E-state index < -0.39 is 11.9 Å². The van der Waals surface area contributed by atoms with Crippen LogP contribution in [0.25, 0.3) is 43.6 Å². The Morgan fingerprint density at radius 3 is 1.44 bits per heavy atom. The predicted octanol–water partition coefficient (Wildman–Crippen LogP) is 5.89. The zero-order valence-corrected chi connectivity index (χ0v) is 21.2. The molecule has 39 heavy (non-hydrogen) atoms. The van der Waals surface area contributed by atoms with Gasteiger partial charge in [-0.3, -0.25) is 9.59 Å². The van der Waals surface area contributed by atoms with Gasteiger partial charge in [0.05, 0.1) is 46.3 Å². The molecule has 0 aliphatic heterocycles. The number of rotatable bonds is 6. The number of para-hydroxylation sites is 2. The number of fused-ring (bicyclic) bond motifs is 4. The highest BCUT2D eigenvalue weighted by molar-refractivity contribution is 6.07. The molecule has 7 heteroatoms. The van der Waals surface area contributed by atoms with Gasteiger partial charge < -0.3 is 16.2 Å². The molecule has 0 aliphatic rings. The van der Waals surface area contributed by atoms with Crippen LogP contribution in [0.15, 0.2) is 84.9 Å². The number of aryl methyl sites for hydroxylation is 2. The van der Waals surface area contributed by atoms with Gasteiger partial charge in [-0.2, -0.15) is 0 Å². The van der Waals surface area contributed by atoms with Crippen molar-refractivity contribution in [2.24, 2.45) is 0 Å². The molecule has 0 saturated carbocycles. The van der Waals surface area contributed by atoms with Crippen LogP contribution in [-0.4, -0.2) is 21.9 Å². The maximum atomic E-state index is 12.4. The largest absolute Gasteiger partial charge is 0.398 e. The minimum atomic E-state index is -0.553. The van der Waals surface area contributed by atoms with Crippen LogP contribution in [0, 0.1) is 0 Å². The molecule has 0 spiro atoms. The van der Waals surface area contributed by atoms with E-state index in [0.717, 1.165) is 54.7 Å². The first-order valence-corrected chi connectivity index (χ1v) is 12.8. The summed E-state index contributed by atoms with van der Waals surface area (Å²) in [7, 11) is 0. The Bertz CT molecular complexity index is 1780. The van der Waals surface area contributed by atoms with Gasteiger partial charge in [0.25, 0.3) is 0 Å². The summed E-state index contributed by atoms with van der Waals surface area (Å²) in [6.45, 7) is 0. The number of pyridine rings is 2.